The van der Waals surface area contributed by atoms with Crippen LogP contribution >= 0.6 is 11.8 Å². The number of ether oxygens (including phenoxy) is 1. The van der Waals surface area contributed by atoms with Gasteiger partial charge in [-0.2, -0.15) is 8.78 Å². The first-order chi connectivity index (χ1) is 11.0. The Morgan fingerprint density at radius 3 is 2.65 bits per heavy atom. The fourth-order valence-electron chi connectivity index (χ4n) is 2.06. The molecule has 0 radical (unpaired) electrons. The number of nitrogens with one attached hydrogen (secondary N) is 1. The topological polar surface area (TPSA) is 38.3 Å². The van der Waals surface area contributed by atoms with Gasteiger partial charge in [0.25, 0.3) is 11.7 Å². The van der Waals surface area contributed by atoms with Crippen LogP contribution in [0.25, 0.3) is 0 Å². The maximum atomic E-state index is 12.5. The fourth-order valence-corrected chi connectivity index (χ4v) is 2.65. The van der Waals surface area contributed by atoms with Gasteiger partial charge in [0.2, 0.25) is 0 Å². The van der Waals surface area contributed by atoms with Crippen molar-refractivity contribution in [1.82, 2.24) is 0 Å². The van der Waals surface area contributed by atoms with Gasteiger partial charge >= 0.3 is 0 Å². The summed E-state index contributed by atoms with van der Waals surface area (Å²) in [6.07, 6.45) is 0. The first-order valence-corrected chi connectivity index (χ1v) is 7.87. The summed E-state index contributed by atoms with van der Waals surface area (Å²) in [4.78, 5) is 12.3. The van der Waals surface area contributed by atoms with Crippen molar-refractivity contribution < 1.29 is 18.3 Å². The lowest BCUT2D eigenvalue weighted by atomic mass is 10.1. The molecule has 1 N–H and O–H groups in total. The van der Waals surface area contributed by atoms with Gasteiger partial charge in [0.1, 0.15) is 5.75 Å². The minimum atomic E-state index is -2.54. The summed E-state index contributed by atoms with van der Waals surface area (Å²) < 4.78 is 30.5. The minimum Gasteiger partial charge on any atom is -0.483 e. The molecule has 0 bridgehead atoms. The van der Waals surface area contributed by atoms with Crippen molar-refractivity contribution in [3.05, 3.63) is 53.6 Å². The van der Waals surface area contributed by atoms with Gasteiger partial charge in [-0.05, 0) is 37.6 Å². The molecule has 0 saturated heterocycles. The molecule has 0 saturated carbocycles. The molecule has 0 spiro atoms. The van der Waals surface area contributed by atoms with Gasteiger partial charge < -0.3 is 10.1 Å². The monoisotopic (exact) mass is 337 g/mol. The number of aryl methyl sites for hydroxylation is 2. The smallest absolute Gasteiger partial charge is 0.288 e. The number of hydrogen-bond donors (Lipinski definition) is 1. The van der Waals surface area contributed by atoms with Gasteiger partial charge in [0, 0.05) is 4.90 Å². The van der Waals surface area contributed by atoms with Gasteiger partial charge in [-0.1, -0.05) is 41.6 Å². The van der Waals surface area contributed by atoms with E-state index in [-0.39, 0.29) is 6.61 Å². The van der Waals surface area contributed by atoms with Crippen molar-refractivity contribution in [3.8, 4) is 5.75 Å². The van der Waals surface area contributed by atoms with Crippen molar-refractivity contribution in [3.63, 3.8) is 0 Å². The van der Waals surface area contributed by atoms with Gasteiger partial charge in [-0.3, -0.25) is 4.79 Å². The molecular weight excluding hydrogens is 320 g/mol. The van der Waals surface area contributed by atoms with Crippen molar-refractivity contribution in [2.45, 2.75) is 24.5 Å². The zero-order chi connectivity index (χ0) is 16.8. The largest absolute Gasteiger partial charge is 0.483 e. The van der Waals surface area contributed by atoms with E-state index < -0.39 is 11.7 Å². The fraction of sp³-hybridized carbons (Fsp3) is 0.235. The van der Waals surface area contributed by atoms with E-state index in [0.717, 1.165) is 11.1 Å². The Balaban J connectivity index is 1.97. The second-order valence-corrected chi connectivity index (χ2v) is 6.01. The first kappa shape index (κ1) is 17.3. The molecule has 6 heteroatoms. The molecule has 122 valence electrons. The lowest BCUT2D eigenvalue weighted by molar-refractivity contribution is -0.118. The second-order valence-electron chi connectivity index (χ2n) is 4.98. The maximum Gasteiger partial charge on any atom is 0.288 e. The number of carbonyl (C=O) groups excluding carboxylic acids is 1. The number of alkyl halides is 2. The van der Waals surface area contributed by atoms with Gasteiger partial charge in [0.05, 0.1) is 5.69 Å². The molecule has 0 aromatic heterocycles. The van der Waals surface area contributed by atoms with Crippen molar-refractivity contribution in [2.24, 2.45) is 0 Å². The Morgan fingerprint density at radius 2 is 1.96 bits per heavy atom. The number of para-hydroxylation sites is 1. The van der Waals surface area contributed by atoms with Crippen molar-refractivity contribution >= 4 is 23.4 Å². The summed E-state index contributed by atoms with van der Waals surface area (Å²) in [7, 11) is 0. The minimum absolute atomic E-state index is 0.183. The van der Waals surface area contributed by atoms with Crippen LogP contribution in [0.3, 0.4) is 0 Å². The lowest BCUT2D eigenvalue weighted by Crippen LogP contribution is -2.20. The van der Waals surface area contributed by atoms with Gasteiger partial charge in [-0.15, -0.1) is 0 Å². The predicted molar refractivity (Wildman–Crippen MR) is 88.3 cm³/mol. The zero-order valence-corrected chi connectivity index (χ0v) is 13.6. The molecule has 0 atom stereocenters. The Bertz CT molecular complexity index is 692. The van der Waals surface area contributed by atoms with Crippen LogP contribution in [-0.4, -0.2) is 18.3 Å². The van der Waals surface area contributed by atoms with Crippen LogP contribution in [-0.2, 0) is 4.79 Å². The summed E-state index contributed by atoms with van der Waals surface area (Å²) in [5, 5.41) is 2.60. The highest BCUT2D eigenvalue weighted by Crippen LogP contribution is 2.31. The number of amides is 1. The Morgan fingerprint density at radius 1 is 1.22 bits per heavy atom. The van der Waals surface area contributed by atoms with Crippen LogP contribution in [0.4, 0.5) is 14.5 Å². The number of rotatable bonds is 6. The van der Waals surface area contributed by atoms with E-state index in [9.17, 15) is 13.6 Å². The van der Waals surface area contributed by atoms with E-state index in [0.29, 0.717) is 28.1 Å². The van der Waals surface area contributed by atoms with E-state index >= 15 is 0 Å². The summed E-state index contributed by atoms with van der Waals surface area (Å²) in [5.41, 5.74) is 2.40. The molecule has 3 nitrogen and oxygen atoms in total. The molecular formula is C17H17F2NO2S. The normalized spacial score (nSPS) is 10.7. The molecule has 2 aromatic rings. The third-order valence-corrected chi connectivity index (χ3v) is 3.85. The number of carbonyl (C=O) groups is 1. The highest BCUT2D eigenvalue weighted by Gasteiger charge is 2.12. The highest BCUT2D eigenvalue weighted by atomic mass is 32.2. The first-order valence-electron chi connectivity index (χ1n) is 6.99. The van der Waals surface area contributed by atoms with E-state index in [4.69, 9.17) is 4.74 Å². The van der Waals surface area contributed by atoms with Crippen LogP contribution in [0.5, 0.6) is 5.75 Å². The van der Waals surface area contributed by atoms with E-state index in [1.54, 1.807) is 24.3 Å². The molecule has 0 aliphatic heterocycles. The summed E-state index contributed by atoms with van der Waals surface area (Å²) >= 11 is 0.397. The lowest BCUT2D eigenvalue weighted by Gasteiger charge is -2.12. The Kier molecular flexibility index (Phi) is 5.98. The predicted octanol–water partition coefficient (Wildman–Crippen LogP) is 4.64. The average molecular weight is 337 g/mol. The number of hydrogen-bond acceptors (Lipinski definition) is 3. The maximum absolute atomic E-state index is 12.5. The van der Waals surface area contributed by atoms with Crippen LogP contribution in [0.1, 0.15) is 11.1 Å². The average Bonchev–Trinajstić information content (AvgIpc) is 2.48. The SMILES string of the molecule is Cc1ccc(OCC(=O)Nc2ccccc2SC(F)F)c(C)c1. The third-order valence-electron chi connectivity index (χ3n) is 3.07. The molecule has 0 unspecified atom stereocenters. The summed E-state index contributed by atoms with van der Waals surface area (Å²) in [6, 6.07) is 12.1. The molecule has 0 aliphatic rings. The van der Waals surface area contributed by atoms with Crippen molar-refractivity contribution in [1.29, 1.82) is 0 Å². The number of anilines is 1. The molecule has 0 fully saturated rings. The number of halogens is 2. The van der Waals surface area contributed by atoms with Crippen LogP contribution in [0.2, 0.25) is 0 Å². The van der Waals surface area contributed by atoms with Crippen LogP contribution in [0.15, 0.2) is 47.4 Å². The quantitative estimate of drug-likeness (QED) is 0.781. The van der Waals surface area contributed by atoms with Gasteiger partial charge in [-0.25, -0.2) is 0 Å². The number of thioether (sulfide) groups is 1. The van der Waals surface area contributed by atoms with Gasteiger partial charge in [0.15, 0.2) is 6.61 Å². The van der Waals surface area contributed by atoms with Crippen molar-refractivity contribution in [2.75, 3.05) is 11.9 Å². The highest BCUT2D eigenvalue weighted by molar-refractivity contribution is 7.99. The molecule has 2 rings (SSSR count). The van der Waals surface area contributed by atoms with Crippen LogP contribution in [0, 0.1) is 13.8 Å². The summed E-state index contributed by atoms with van der Waals surface area (Å²) in [6.45, 7) is 3.69. The van der Waals surface area contributed by atoms with Crippen LogP contribution < -0.4 is 10.1 Å². The second kappa shape index (κ2) is 7.97. The number of benzene rings is 2. The van der Waals surface area contributed by atoms with E-state index in [1.165, 1.54) is 6.07 Å². The molecule has 0 heterocycles. The summed E-state index contributed by atoms with van der Waals surface area (Å²) in [5.74, 6) is -2.31. The van der Waals surface area contributed by atoms with E-state index in [2.05, 4.69) is 5.32 Å². The Hall–Kier alpha value is -2.08. The Labute approximate surface area is 138 Å². The van der Waals surface area contributed by atoms with E-state index in [1.807, 2.05) is 26.0 Å². The zero-order valence-electron chi connectivity index (χ0n) is 12.8. The third kappa shape index (κ3) is 5.25. The molecule has 0 aliphatic carbocycles. The molecule has 23 heavy (non-hydrogen) atoms. The standard InChI is InChI=1S/C17H17F2NO2S/c1-11-7-8-14(12(2)9-11)22-10-16(21)20-13-5-3-4-6-15(13)23-17(18)19/h3-9,17H,10H2,1-2H3,(H,20,21). The molecule has 2 aromatic carbocycles. The molecule has 1 amide bonds.